The van der Waals surface area contributed by atoms with Gasteiger partial charge in [0.2, 0.25) is 0 Å². The van der Waals surface area contributed by atoms with Gasteiger partial charge in [-0.25, -0.2) is 0 Å². The van der Waals surface area contributed by atoms with Gasteiger partial charge in [0.15, 0.2) is 5.78 Å². The van der Waals surface area contributed by atoms with Crippen LogP contribution in [0, 0.1) is 6.92 Å². The van der Waals surface area contributed by atoms with Gasteiger partial charge in [0.05, 0.1) is 0 Å². The molecule has 1 nitrogen and oxygen atoms in total. The van der Waals surface area contributed by atoms with Gasteiger partial charge in [0, 0.05) is 0 Å². The lowest BCUT2D eigenvalue weighted by atomic mass is 9.91. The lowest BCUT2D eigenvalue weighted by Gasteiger charge is -2.13. The van der Waals surface area contributed by atoms with E-state index >= 15 is 0 Å². The van der Waals surface area contributed by atoms with Crippen molar-refractivity contribution in [1.29, 1.82) is 0 Å². The fourth-order valence-corrected chi connectivity index (χ4v) is 2.68. The predicted octanol–water partition coefficient (Wildman–Crippen LogP) is 4.77. The van der Waals surface area contributed by atoms with Gasteiger partial charge >= 0.3 is 0 Å². The standard InChI is InChI=1S/C20H22O/c1-4-17-10-6-7-11-18(17)14-19(13-16(3)21)20-12-8-5-9-15(20)2/h5-13H,4,14H2,1-3H3/b19-13-. The molecule has 0 fully saturated rings. The predicted molar refractivity (Wildman–Crippen MR) is 89.4 cm³/mol. The fraction of sp³-hybridized carbons (Fsp3) is 0.250. The Morgan fingerprint density at radius 3 is 2.24 bits per heavy atom. The van der Waals surface area contributed by atoms with E-state index in [0.717, 1.165) is 18.4 Å². The molecule has 0 saturated carbocycles. The highest BCUT2D eigenvalue weighted by molar-refractivity contribution is 5.95. The van der Waals surface area contributed by atoms with E-state index in [1.165, 1.54) is 22.3 Å². The normalized spacial score (nSPS) is 11.5. The molecule has 2 aromatic carbocycles. The molecule has 0 amide bonds. The molecule has 108 valence electrons. The second kappa shape index (κ2) is 7.03. The Hall–Kier alpha value is -2.15. The van der Waals surface area contributed by atoms with E-state index in [4.69, 9.17) is 0 Å². The summed E-state index contributed by atoms with van der Waals surface area (Å²) < 4.78 is 0. The summed E-state index contributed by atoms with van der Waals surface area (Å²) in [5.41, 5.74) is 6.12. The summed E-state index contributed by atoms with van der Waals surface area (Å²) in [7, 11) is 0. The number of rotatable bonds is 5. The minimum absolute atomic E-state index is 0.0993. The van der Waals surface area contributed by atoms with Crippen LogP contribution in [0.4, 0.5) is 0 Å². The second-order valence-corrected chi connectivity index (χ2v) is 5.39. The van der Waals surface area contributed by atoms with E-state index in [9.17, 15) is 4.79 Å². The number of hydrogen-bond donors (Lipinski definition) is 0. The Balaban J connectivity index is 2.44. The Morgan fingerprint density at radius 1 is 1.00 bits per heavy atom. The zero-order chi connectivity index (χ0) is 15.2. The smallest absolute Gasteiger partial charge is 0.152 e. The molecule has 21 heavy (non-hydrogen) atoms. The summed E-state index contributed by atoms with van der Waals surface area (Å²) in [4.78, 5) is 11.6. The maximum Gasteiger partial charge on any atom is 0.152 e. The summed E-state index contributed by atoms with van der Waals surface area (Å²) in [5, 5.41) is 0. The van der Waals surface area contributed by atoms with Crippen molar-refractivity contribution in [2.45, 2.75) is 33.6 Å². The lowest BCUT2D eigenvalue weighted by molar-refractivity contribution is -0.112. The van der Waals surface area contributed by atoms with E-state index in [-0.39, 0.29) is 5.78 Å². The van der Waals surface area contributed by atoms with E-state index in [1.807, 2.05) is 12.1 Å². The number of allylic oxidation sites excluding steroid dienone is 2. The molecule has 0 radical (unpaired) electrons. The summed E-state index contributed by atoms with van der Waals surface area (Å²) in [6.45, 7) is 5.87. The van der Waals surface area contributed by atoms with E-state index in [1.54, 1.807) is 13.0 Å². The zero-order valence-electron chi connectivity index (χ0n) is 13.0. The molecule has 0 saturated heterocycles. The zero-order valence-corrected chi connectivity index (χ0v) is 13.0. The molecule has 0 aliphatic rings. The molecule has 0 atom stereocenters. The van der Waals surface area contributed by atoms with E-state index in [0.29, 0.717) is 0 Å². The number of hydrogen-bond acceptors (Lipinski definition) is 1. The first-order valence-electron chi connectivity index (χ1n) is 7.45. The first kappa shape index (κ1) is 15.2. The number of aryl methyl sites for hydroxylation is 2. The average Bonchev–Trinajstić information content (AvgIpc) is 2.47. The van der Waals surface area contributed by atoms with Gasteiger partial charge in [-0.2, -0.15) is 0 Å². The molecule has 0 spiro atoms. The van der Waals surface area contributed by atoms with Gasteiger partial charge < -0.3 is 0 Å². The average molecular weight is 278 g/mol. The van der Waals surface area contributed by atoms with E-state index in [2.05, 4.69) is 50.2 Å². The minimum Gasteiger partial charge on any atom is -0.295 e. The largest absolute Gasteiger partial charge is 0.295 e. The number of ketones is 1. The number of carbonyl (C=O) groups is 1. The maximum atomic E-state index is 11.6. The van der Waals surface area contributed by atoms with Gasteiger partial charge in [-0.1, -0.05) is 55.5 Å². The van der Waals surface area contributed by atoms with Crippen LogP contribution in [0.3, 0.4) is 0 Å². The van der Waals surface area contributed by atoms with Crippen LogP contribution < -0.4 is 0 Å². The molecule has 0 heterocycles. The molecule has 0 N–H and O–H groups in total. The molecule has 0 unspecified atom stereocenters. The first-order valence-corrected chi connectivity index (χ1v) is 7.45. The van der Waals surface area contributed by atoms with Crippen LogP contribution >= 0.6 is 0 Å². The van der Waals surface area contributed by atoms with Gasteiger partial charge in [-0.05, 0) is 60.6 Å². The van der Waals surface area contributed by atoms with Crippen molar-refractivity contribution in [2.24, 2.45) is 0 Å². The third-order valence-electron chi connectivity index (χ3n) is 3.75. The van der Waals surface area contributed by atoms with Crippen LogP contribution in [0.1, 0.15) is 36.1 Å². The topological polar surface area (TPSA) is 17.1 Å². The molecule has 0 aliphatic carbocycles. The molecular weight excluding hydrogens is 256 g/mol. The number of benzene rings is 2. The Kier molecular flexibility index (Phi) is 5.10. The second-order valence-electron chi connectivity index (χ2n) is 5.39. The lowest BCUT2D eigenvalue weighted by Crippen LogP contribution is -1.99. The summed E-state index contributed by atoms with van der Waals surface area (Å²) in [6.07, 6.45) is 3.58. The van der Waals surface area contributed by atoms with Gasteiger partial charge in [-0.3, -0.25) is 4.79 Å². The Morgan fingerprint density at radius 2 is 1.62 bits per heavy atom. The molecular formula is C20H22O. The van der Waals surface area contributed by atoms with Gasteiger partial charge in [0.25, 0.3) is 0 Å². The molecule has 1 heteroatoms. The van der Waals surface area contributed by atoms with Crippen molar-refractivity contribution in [3.05, 3.63) is 76.9 Å². The highest BCUT2D eigenvalue weighted by Gasteiger charge is 2.09. The van der Waals surface area contributed by atoms with Crippen LogP contribution in [-0.4, -0.2) is 5.78 Å². The van der Waals surface area contributed by atoms with Gasteiger partial charge in [0.1, 0.15) is 0 Å². The highest BCUT2D eigenvalue weighted by atomic mass is 16.1. The van der Waals surface area contributed by atoms with Crippen LogP contribution in [0.2, 0.25) is 0 Å². The van der Waals surface area contributed by atoms with Crippen LogP contribution in [0.5, 0.6) is 0 Å². The van der Waals surface area contributed by atoms with Crippen molar-refractivity contribution >= 4 is 11.4 Å². The molecule has 0 aliphatic heterocycles. The van der Waals surface area contributed by atoms with Crippen molar-refractivity contribution < 1.29 is 4.79 Å². The minimum atomic E-state index is 0.0993. The summed E-state index contributed by atoms with van der Waals surface area (Å²) in [5.74, 6) is 0.0993. The van der Waals surface area contributed by atoms with Gasteiger partial charge in [-0.15, -0.1) is 0 Å². The third kappa shape index (κ3) is 3.91. The van der Waals surface area contributed by atoms with Crippen LogP contribution in [-0.2, 0) is 17.6 Å². The molecule has 0 aromatic heterocycles. The fourth-order valence-electron chi connectivity index (χ4n) is 2.68. The SMILES string of the molecule is CCc1ccccc1C/C(=C/C(C)=O)c1ccccc1C. The van der Waals surface area contributed by atoms with Crippen molar-refractivity contribution in [3.8, 4) is 0 Å². The highest BCUT2D eigenvalue weighted by Crippen LogP contribution is 2.24. The maximum absolute atomic E-state index is 11.6. The molecule has 2 rings (SSSR count). The quantitative estimate of drug-likeness (QED) is 0.720. The summed E-state index contributed by atoms with van der Waals surface area (Å²) in [6, 6.07) is 16.7. The van der Waals surface area contributed by atoms with Crippen molar-refractivity contribution in [1.82, 2.24) is 0 Å². The monoisotopic (exact) mass is 278 g/mol. The van der Waals surface area contributed by atoms with Crippen LogP contribution in [0.25, 0.3) is 5.57 Å². The summed E-state index contributed by atoms with van der Waals surface area (Å²) >= 11 is 0. The first-order chi connectivity index (χ1) is 10.1. The molecule has 2 aromatic rings. The van der Waals surface area contributed by atoms with E-state index < -0.39 is 0 Å². The van der Waals surface area contributed by atoms with Crippen molar-refractivity contribution in [2.75, 3.05) is 0 Å². The van der Waals surface area contributed by atoms with Crippen molar-refractivity contribution in [3.63, 3.8) is 0 Å². The van der Waals surface area contributed by atoms with Crippen LogP contribution in [0.15, 0.2) is 54.6 Å². The molecule has 0 bridgehead atoms. The Bertz CT molecular complexity index is 665. The Labute approximate surface area is 127 Å². The number of carbonyl (C=O) groups excluding carboxylic acids is 1. The third-order valence-corrected chi connectivity index (χ3v) is 3.75.